The number of hydrogen-bond donors (Lipinski definition) is 2. The van der Waals surface area contributed by atoms with Crippen LogP contribution < -0.4 is 11.1 Å². The normalized spacial score (nSPS) is 14.9. The highest BCUT2D eigenvalue weighted by Crippen LogP contribution is 2.19. The van der Waals surface area contributed by atoms with Crippen molar-refractivity contribution in [1.82, 2.24) is 5.32 Å². The third-order valence-electron chi connectivity index (χ3n) is 3.74. The molecule has 1 aromatic carbocycles. The zero-order chi connectivity index (χ0) is 13.7. The molecule has 0 aliphatic heterocycles. The van der Waals surface area contributed by atoms with Gasteiger partial charge in [0.15, 0.2) is 0 Å². The molecule has 0 radical (unpaired) electrons. The van der Waals surface area contributed by atoms with Crippen molar-refractivity contribution in [2.45, 2.75) is 39.0 Å². The molecule has 0 atom stereocenters. The highest BCUT2D eigenvalue weighted by atomic mass is 16.1. The van der Waals surface area contributed by atoms with Gasteiger partial charge in [0, 0.05) is 17.8 Å². The molecule has 3 nitrogen and oxygen atoms in total. The fraction of sp³-hybridized carbons (Fsp3) is 0.438. The maximum atomic E-state index is 12.1. The number of nitrogen functional groups attached to an aromatic ring is 1. The van der Waals surface area contributed by atoms with Crippen molar-refractivity contribution in [1.29, 1.82) is 0 Å². The standard InChI is InChI=1S/C16H22N2O/c1-12-14(8-5-9-15(12)17)16(19)18-11-10-13-6-3-2-4-7-13/h5-6,8-9H,2-4,7,10-11,17H2,1H3,(H,18,19). The zero-order valence-corrected chi connectivity index (χ0v) is 11.5. The van der Waals surface area contributed by atoms with Gasteiger partial charge < -0.3 is 11.1 Å². The lowest BCUT2D eigenvalue weighted by molar-refractivity contribution is 0.0953. The summed E-state index contributed by atoms with van der Waals surface area (Å²) in [6.07, 6.45) is 8.26. The third-order valence-corrected chi connectivity index (χ3v) is 3.74. The first-order chi connectivity index (χ1) is 9.18. The van der Waals surface area contributed by atoms with E-state index in [2.05, 4.69) is 11.4 Å². The van der Waals surface area contributed by atoms with Crippen LogP contribution in [0.25, 0.3) is 0 Å². The van der Waals surface area contributed by atoms with Gasteiger partial charge in [0.2, 0.25) is 0 Å². The maximum absolute atomic E-state index is 12.1. The van der Waals surface area contributed by atoms with Crippen LogP contribution >= 0.6 is 0 Å². The quantitative estimate of drug-likeness (QED) is 0.643. The van der Waals surface area contributed by atoms with Crippen LogP contribution in [0, 0.1) is 6.92 Å². The van der Waals surface area contributed by atoms with E-state index in [0.717, 1.165) is 12.0 Å². The van der Waals surface area contributed by atoms with Crippen molar-refractivity contribution in [3.05, 3.63) is 41.0 Å². The molecule has 102 valence electrons. The highest BCUT2D eigenvalue weighted by molar-refractivity contribution is 5.96. The Morgan fingerprint density at radius 2 is 2.21 bits per heavy atom. The highest BCUT2D eigenvalue weighted by Gasteiger charge is 2.10. The number of hydrogen-bond acceptors (Lipinski definition) is 2. The van der Waals surface area contributed by atoms with Crippen LogP contribution in [0.4, 0.5) is 5.69 Å². The monoisotopic (exact) mass is 258 g/mol. The zero-order valence-electron chi connectivity index (χ0n) is 11.5. The van der Waals surface area contributed by atoms with E-state index in [9.17, 15) is 4.79 Å². The van der Waals surface area contributed by atoms with Crippen LogP contribution in [0.5, 0.6) is 0 Å². The molecule has 1 aromatic rings. The van der Waals surface area contributed by atoms with Gasteiger partial charge in [0.1, 0.15) is 0 Å². The van der Waals surface area contributed by atoms with Gasteiger partial charge in [-0.1, -0.05) is 17.7 Å². The van der Waals surface area contributed by atoms with Gasteiger partial charge >= 0.3 is 0 Å². The predicted molar refractivity (Wildman–Crippen MR) is 79.1 cm³/mol. The molecule has 0 saturated heterocycles. The minimum Gasteiger partial charge on any atom is -0.398 e. The average Bonchev–Trinajstić information content (AvgIpc) is 2.43. The van der Waals surface area contributed by atoms with Crippen molar-refractivity contribution < 1.29 is 4.79 Å². The van der Waals surface area contributed by atoms with Gasteiger partial charge in [-0.25, -0.2) is 0 Å². The molecule has 0 heterocycles. The average molecular weight is 258 g/mol. The second-order valence-electron chi connectivity index (χ2n) is 5.13. The van der Waals surface area contributed by atoms with Crippen LogP contribution in [-0.4, -0.2) is 12.5 Å². The predicted octanol–water partition coefficient (Wildman–Crippen LogP) is 3.20. The summed E-state index contributed by atoms with van der Waals surface area (Å²) >= 11 is 0. The number of nitrogens with one attached hydrogen (secondary N) is 1. The molecule has 3 heteroatoms. The number of nitrogens with two attached hydrogens (primary N) is 1. The SMILES string of the molecule is Cc1c(N)cccc1C(=O)NCCC1=CCCCC1. The van der Waals surface area contributed by atoms with Crippen LogP contribution in [0.15, 0.2) is 29.8 Å². The van der Waals surface area contributed by atoms with E-state index in [-0.39, 0.29) is 5.91 Å². The Balaban J connectivity index is 1.87. The number of benzene rings is 1. The van der Waals surface area contributed by atoms with E-state index in [1.807, 2.05) is 25.1 Å². The van der Waals surface area contributed by atoms with E-state index in [1.165, 1.54) is 31.3 Å². The second kappa shape index (κ2) is 6.41. The van der Waals surface area contributed by atoms with Gasteiger partial charge in [0.25, 0.3) is 5.91 Å². The van der Waals surface area contributed by atoms with E-state index >= 15 is 0 Å². The summed E-state index contributed by atoms with van der Waals surface area (Å²) in [4.78, 5) is 12.1. The van der Waals surface area contributed by atoms with Gasteiger partial charge in [-0.3, -0.25) is 4.79 Å². The summed E-state index contributed by atoms with van der Waals surface area (Å²) < 4.78 is 0. The summed E-state index contributed by atoms with van der Waals surface area (Å²) in [5.41, 5.74) is 9.50. The molecule has 0 spiro atoms. The Bertz CT molecular complexity index is 492. The minimum absolute atomic E-state index is 0.0267. The van der Waals surface area contributed by atoms with Gasteiger partial charge in [0.05, 0.1) is 0 Å². The van der Waals surface area contributed by atoms with Gasteiger partial charge in [-0.15, -0.1) is 0 Å². The number of carbonyl (C=O) groups is 1. The number of amides is 1. The van der Waals surface area contributed by atoms with Crippen LogP contribution in [0.3, 0.4) is 0 Å². The fourth-order valence-corrected chi connectivity index (χ4v) is 2.46. The lowest BCUT2D eigenvalue weighted by Gasteiger charge is -2.13. The first-order valence-electron chi connectivity index (χ1n) is 6.99. The van der Waals surface area contributed by atoms with Crippen molar-refractivity contribution in [3.8, 4) is 0 Å². The number of allylic oxidation sites excluding steroid dienone is 1. The molecule has 0 saturated carbocycles. The first kappa shape index (κ1) is 13.7. The molecule has 1 aliphatic carbocycles. The van der Waals surface area contributed by atoms with Crippen molar-refractivity contribution >= 4 is 11.6 Å². The van der Waals surface area contributed by atoms with E-state index < -0.39 is 0 Å². The number of rotatable bonds is 4. The topological polar surface area (TPSA) is 55.1 Å². The van der Waals surface area contributed by atoms with Gasteiger partial charge in [-0.05, 0) is 56.7 Å². The molecule has 3 N–H and O–H groups in total. The number of anilines is 1. The lowest BCUT2D eigenvalue weighted by Crippen LogP contribution is -2.25. The maximum Gasteiger partial charge on any atom is 0.251 e. The molecular weight excluding hydrogens is 236 g/mol. The Kier molecular flexibility index (Phi) is 4.61. The van der Waals surface area contributed by atoms with Crippen LogP contribution in [0.2, 0.25) is 0 Å². The lowest BCUT2D eigenvalue weighted by atomic mass is 9.97. The summed E-state index contributed by atoms with van der Waals surface area (Å²) in [6, 6.07) is 5.46. The summed E-state index contributed by atoms with van der Waals surface area (Å²) in [6.45, 7) is 2.59. The van der Waals surface area contributed by atoms with Crippen molar-refractivity contribution in [3.63, 3.8) is 0 Å². The minimum atomic E-state index is -0.0267. The van der Waals surface area contributed by atoms with E-state index in [4.69, 9.17) is 5.73 Å². The summed E-state index contributed by atoms with van der Waals surface area (Å²) in [7, 11) is 0. The van der Waals surface area contributed by atoms with E-state index in [0.29, 0.717) is 17.8 Å². The number of carbonyl (C=O) groups excluding carboxylic acids is 1. The molecule has 19 heavy (non-hydrogen) atoms. The molecule has 0 unspecified atom stereocenters. The van der Waals surface area contributed by atoms with Crippen LogP contribution in [-0.2, 0) is 0 Å². The first-order valence-corrected chi connectivity index (χ1v) is 6.99. The van der Waals surface area contributed by atoms with Crippen LogP contribution in [0.1, 0.15) is 48.0 Å². The fourth-order valence-electron chi connectivity index (χ4n) is 2.46. The molecule has 1 aliphatic rings. The van der Waals surface area contributed by atoms with Crippen molar-refractivity contribution in [2.24, 2.45) is 0 Å². The second-order valence-corrected chi connectivity index (χ2v) is 5.13. The van der Waals surface area contributed by atoms with Gasteiger partial charge in [-0.2, -0.15) is 0 Å². The molecule has 0 fully saturated rings. The Morgan fingerprint density at radius 1 is 1.37 bits per heavy atom. The largest absolute Gasteiger partial charge is 0.398 e. The summed E-state index contributed by atoms with van der Waals surface area (Å²) in [5.74, 6) is -0.0267. The third kappa shape index (κ3) is 3.60. The summed E-state index contributed by atoms with van der Waals surface area (Å²) in [5, 5.41) is 2.98. The molecular formula is C16H22N2O. The molecule has 1 amide bonds. The Morgan fingerprint density at radius 3 is 2.95 bits per heavy atom. The Labute approximate surface area is 114 Å². The van der Waals surface area contributed by atoms with Crippen molar-refractivity contribution in [2.75, 3.05) is 12.3 Å². The molecule has 0 bridgehead atoms. The molecule has 2 rings (SSSR count). The molecule has 0 aromatic heterocycles. The smallest absolute Gasteiger partial charge is 0.251 e. The van der Waals surface area contributed by atoms with E-state index in [1.54, 1.807) is 0 Å². The Hall–Kier alpha value is -1.77.